The van der Waals surface area contributed by atoms with Crippen LogP contribution < -0.4 is 14.8 Å². The highest BCUT2D eigenvalue weighted by Crippen LogP contribution is 2.41. The van der Waals surface area contributed by atoms with Crippen LogP contribution in [-0.2, 0) is 35.5 Å². The molecule has 4 rings (SSSR count). The van der Waals surface area contributed by atoms with Crippen molar-refractivity contribution in [3.63, 3.8) is 0 Å². The number of aromatic nitrogens is 2. The minimum absolute atomic E-state index is 0.0364. The van der Waals surface area contributed by atoms with Crippen molar-refractivity contribution in [2.45, 2.75) is 45.4 Å². The molecule has 144 valence electrons. The van der Waals surface area contributed by atoms with E-state index in [1.807, 2.05) is 42.9 Å². The zero-order chi connectivity index (χ0) is 18.9. The second-order valence-corrected chi connectivity index (χ2v) is 7.56. The normalized spacial score (nSPS) is 17.0. The third kappa shape index (κ3) is 3.93. The fourth-order valence-corrected chi connectivity index (χ4v) is 3.60. The van der Waals surface area contributed by atoms with E-state index in [1.165, 1.54) is 5.69 Å². The molecule has 2 aliphatic rings. The number of nitrogens with one attached hydrogen (secondary N) is 1. The lowest BCUT2D eigenvalue weighted by atomic mass is 10.0. The molecule has 0 aliphatic carbocycles. The molecule has 1 aromatic heterocycles. The standard InChI is InChI=1S/C20H25N3O4/c1-20(2)10-14-4-3-5-17(19(14)27-20)26-13-18(24)21-7-8-23-16-6-9-25-12-15(16)11-22-23/h3-5,11H,6-10,12-13H2,1-2H3,(H,21,24). The Kier molecular flexibility index (Phi) is 4.78. The molecule has 2 aliphatic heterocycles. The highest BCUT2D eigenvalue weighted by Gasteiger charge is 2.32. The van der Waals surface area contributed by atoms with E-state index in [-0.39, 0.29) is 18.1 Å². The molecule has 0 saturated heterocycles. The average Bonchev–Trinajstić information content (AvgIpc) is 3.19. The van der Waals surface area contributed by atoms with E-state index in [1.54, 1.807) is 0 Å². The van der Waals surface area contributed by atoms with Crippen LogP contribution in [0.5, 0.6) is 11.5 Å². The predicted octanol–water partition coefficient (Wildman–Crippen LogP) is 1.86. The molecule has 7 heteroatoms. The van der Waals surface area contributed by atoms with Crippen LogP contribution in [0.4, 0.5) is 0 Å². The summed E-state index contributed by atoms with van der Waals surface area (Å²) in [6, 6.07) is 5.81. The number of hydrogen-bond acceptors (Lipinski definition) is 5. The van der Waals surface area contributed by atoms with Gasteiger partial charge < -0.3 is 19.5 Å². The minimum Gasteiger partial charge on any atom is -0.483 e. The summed E-state index contributed by atoms with van der Waals surface area (Å²) in [7, 11) is 0. The van der Waals surface area contributed by atoms with Crippen molar-refractivity contribution in [2.24, 2.45) is 0 Å². The molecule has 2 aromatic rings. The molecule has 0 fully saturated rings. The molecule has 7 nitrogen and oxygen atoms in total. The van der Waals surface area contributed by atoms with Gasteiger partial charge in [-0.2, -0.15) is 5.10 Å². The zero-order valence-corrected chi connectivity index (χ0v) is 15.8. The van der Waals surface area contributed by atoms with Crippen molar-refractivity contribution in [3.05, 3.63) is 41.2 Å². The highest BCUT2D eigenvalue weighted by atomic mass is 16.5. The van der Waals surface area contributed by atoms with Crippen molar-refractivity contribution >= 4 is 5.91 Å². The molecule has 0 spiro atoms. The summed E-state index contributed by atoms with van der Waals surface area (Å²) in [5.74, 6) is 1.21. The maximum atomic E-state index is 12.1. The van der Waals surface area contributed by atoms with E-state index in [0.717, 1.165) is 36.3 Å². The van der Waals surface area contributed by atoms with Crippen LogP contribution in [-0.4, -0.2) is 41.0 Å². The summed E-state index contributed by atoms with van der Waals surface area (Å²) < 4.78 is 19.0. The molecule has 1 aromatic carbocycles. The Morgan fingerprint density at radius 1 is 1.37 bits per heavy atom. The van der Waals surface area contributed by atoms with Crippen LogP contribution in [0.1, 0.15) is 30.7 Å². The molecular formula is C20H25N3O4. The second-order valence-electron chi connectivity index (χ2n) is 7.56. The molecule has 0 unspecified atom stereocenters. The van der Waals surface area contributed by atoms with Gasteiger partial charge in [-0.1, -0.05) is 12.1 Å². The molecule has 3 heterocycles. The molecule has 0 bridgehead atoms. The molecule has 1 amide bonds. The molecule has 0 atom stereocenters. The summed E-state index contributed by atoms with van der Waals surface area (Å²) in [6.07, 6.45) is 3.55. The Labute approximate surface area is 158 Å². The number of rotatable bonds is 6. The molecule has 1 N–H and O–H groups in total. The van der Waals surface area contributed by atoms with Crippen LogP contribution in [0.25, 0.3) is 0 Å². The van der Waals surface area contributed by atoms with E-state index >= 15 is 0 Å². The molecule has 0 radical (unpaired) electrons. The van der Waals surface area contributed by atoms with Gasteiger partial charge in [-0.15, -0.1) is 0 Å². The minimum atomic E-state index is -0.238. The van der Waals surface area contributed by atoms with Gasteiger partial charge in [0.25, 0.3) is 5.91 Å². The monoisotopic (exact) mass is 371 g/mol. The predicted molar refractivity (Wildman–Crippen MR) is 98.9 cm³/mol. The van der Waals surface area contributed by atoms with Crippen molar-refractivity contribution in [1.82, 2.24) is 15.1 Å². The molecule has 27 heavy (non-hydrogen) atoms. The first-order valence-electron chi connectivity index (χ1n) is 9.33. The number of amides is 1. The van der Waals surface area contributed by atoms with Crippen molar-refractivity contribution in [2.75, 3.05) is 19.8 Å². The number of carbonyl (C=O) groups excluding carboxylic acids is 1. The van der Waals surface area contributed by atoms with E-state index in [2.05, 4.69) is 10.4 Å². The lowest BCUT2D eigenvalue weighted by molar-refractivity contribution is -0.123. The van der Waals surface area contributed by atoms with Gasteiger partial charge in [0.2, 0.25) is 0 Å². The van der Waals surface area contributed by atoms with E-state index < -0.39 is 0 Å². The summed E-state index contributed by atoms with van der Waals surface area (Å²) >= 11 is 0. The van der Waals surface area contributed by atoms with Crippen LogP contribution in [0, 0.1) is 0 Å². The van der Waals surface area contributed by atoms with Gasteiger partial charge in [0, 0.05) is 36.2 Å². The Morgan fingerprint density at radius 3 is 3.15 bits per heavy atom. The number of para-hydroxylation sites is 1. The van der Waals surface area contributed by atoms with Crippen LogP contribution >= 0.6 is 0 Å². The summed E-state index contributed by atoms with van der Waals surface area (Å²) in [5, 5.41) is 7.26. The highest BCUT2D eigenvalue weighted by molar-refractivity contribution is 5.77. The maximum Gasteiger partial charge on any atom is 0.258 e. The second kappa shape index (κ2) is 7.23. The first-order valence-corrected chi connectivity index (χ1v) is 9.33. The zero-order valence-electron chi connectivity index (χ0n) is 15.8. The SMILES string of the molecule is CC1(C)Cc2cccc(OCC(=O)NCCn3ncc4c3CCOC4)c2O1. The third-order valence-corrected chi connectivity index (χ3v) is 4.84. The third-order valence-electron chi connectivity index (χ3n) is 4.84. The molecular weight excluding hydrogens is 346 g/mol. The van der Waals surface area contributed by atoms with E-state index in [0.29, 0.717) is 25.4 Å². The number of hydrogen-bond donors (Lipinski definition) is 1. The van der Waals surface area contributed by atoms with Gasteiger partial charge in [-0.3, -0.25) is 9.48 Å². The van der Waals surface area contributed by atoms with E-state index in [9.17, 15) is 4.79 Å². The first kappa shape index (κ1) is 17.9. The van der Waals surface area contributed by atoms with Gasteiger partial charge in [0.15, 0.2) is 18.1 Å². The van der Waals surface area contributed by atoms with Crippen LogP contribution in [0.15, 0.2) is 24.4 Å². The van der Waals surface area contributed by atoms with Gasteiger partial charge in [0.05, 0.1) is 26.0 Å². The van der Waals surface area contributed by atoms with Gasteiger partial charge >= 0.3 is 0 Å². The topological polar surface area (TPSA) is 74.6 Å². The maximum absolute atomic E-state index is 12.1. The Bertz CT molecular complexity index is 844. The fraction of sp³-hybridized carbons (Fsp3) is 0.500. The summed E-state index contributed by atoms with van der Waals surface area (Å²) in [4.78, 5) is 12.1. The largest absolute Gasteiger partial charge is 0.483 e. The number of nitrogens with zero attached hydrogens (tertiary/aromatic N) is 2. The Morgan fingerprint density at radius 2 is 2.26 bits per heavy atom. The van der Waals surface area contributed by atoms with Crippen LogP contribution in [0.2, 0.25) is 0 Å². The fourth-order valence-electron chi connectivity index (χ4n) is 3.60. The molecule has 0 saturated carbocycles. The lowest BCUT2D eigenvalue weighted by Gasteiger charge is -2.18. The van der Waals surface area contributed by atoms with Gasteiger partial charge in [-0.05, 0) is 19.9 Å². The smallest absolute Gasteiger partial charge is 0.258 e. The Balaban J connectivity index is 1.27. The van der Waals surface area contributed by atoms with Crippen LogP contribution in [0.3, 0.4) is 0 Å². The average molecular weight is 371 g/mol. The van der Waals surface area contributed by atoms with Gasteiger partial charge in [0.1, 0.15) is 5.60 Å². The summed E-state index contributed by atoms with van der Waals surface area (Å²) in [6.45, 7) is 6.54. The van der Waals surface area contributed by atoms with Gasteiger partial charge in [-0.25, -0.2) is 0 Å². The first-order chi connectivity index (χ1) is 13.0. The number of carbonyl (C=O) groups is 1. The van der Waals surface area contributed by atoms with Crippen molar-refractivity contribution in [3.8, 4) is 11.5 Å². The summed E-state index contributed by atoms with van der Waals surface area (Å²) in [5.41, 5.74) is 3.21. The van der Waals surface area contributed by atoms with Crippen molar-refractivity contribution in [1.29, 1.82) is 0 Å². The lowest BCUT2D eigenvalue weighted by Crippen LogP contribution is -2.32. The number of benzene rings is 1. The quantitative estimate of drug-likeness (QED) is 0.839. The van der Waals surface area contributed by atoms with E-state index in [4.69, 9.17) is 14.2 Å². The van der Waals surface area contributed by atoms with Crippen molar-refractivity contribution < 1.29 is 19.0 Å². The Hall–Kier alpha value is -2.54. The number of fused-ring (bicyclic) bond motifs is 2. The number of ether oxygens (including phenoxy) is 3.